The van der Waals surface area contributed by atoms with Crippen LogP contribution in [0.15, 0.2) is 20.4 Å². The molecule has 0 aromatic carbocycles. The van der Waals surface area contributed by atoms with Gasteiger partial charge in [-0.2, -0.15) is 0 Å². The van der Waals surface area contributed by atoms with E-state index in [9.17, 15) is 9.59 Å². The minimum atomic E-state index is -0.237. The van der Waals surface area contributed by atoms with Crippen molar-refractivity contribution in [2.45, 2.75) is 23.3 Å². The molecule has 0 unspecified atom stereocenters. The first-order valence-corrected chi connectivity index (χ1v) is 9.69. The summed E-state index contributed by atoms with van der Waals surface area (Å²) in [6.45, 7) is 3.81. The Hall–Kier alpha value is -1.92. The Balaban J connectivity index is 1.65. The van der Waals surface area contributed by atoms with Crippen molar-refractivity contribution in [1.82, 2.24) is 29.8 Å². The second-order valence-electron chi connectivity index (χ2n) is 4.56. The highest BCUT2D eigenvalue weighted by Crippen LogP contribution is 2.25. The van der Waals surface area contributed by atoms with Crippen molar-refractivity contribution in [1.29, 1.82) is 0 Å². The number of nitrogens with one attached hydrogen (secondary N) is 2. The van der Waals surface area contributed by atoms with Gasteiger partial charge in [0, 0.05) is 11.8 Å². The molecule has 126 valence electrons. The third-order valence-electron chi connectivity index (χ3n) is 2.81. The van der Waals surface area contributed by atoms with Crippen molar-refractivity contribution in [2.75, 3.05) is 16.8 Å². The van der Waals surface area contributed by atoms with Crippen LogP contribution < -0.4 is 10.9 Å². The van der Waals surface area contributed by atoms with Crippen LogP contribution in [-0.4, -0.2) is 47.2 Å². The third-order valence-corrected chi connectivity index (χ3v) is 5.60. The van der Waals surface area contributed by atoms with Crippen LogP contribution in [0.25, 0.3) is 5.78 Å². The van der Waals surface area contributed by atoms with Gasteiger partial charge in [-0.25, -0.2) is 0 Å². The molecule has 0 aliphatic heterocycles. The quantitative estimate of drug-likeness (QED) is 0.485. The van der Waals surface area contributed by atoms with E-state index >= 15 is 0 Å². The number of nitrogens with zero attached hydrogens (tertiary/aromatic N) is 5. The van der Waals surface area contributed by atoms with Gasteiger partial charge < -0.3 is 0 Å². The van der Waals surface area contributed by atoms with Crippen LogP contribution in [0.2, 0.25) is 0 Å². The van der Waals surface area contributed by atoms with E-state index in [1.807, 2.05) is 6.92 Å². The summed E-state index contributed by atoms with van der Waals surface area (Å²) in [5, 5.41) is 19.5. The lowest BCUT2D eigenvalue weighted by molar-refractivity contribution is -0.113. The monoisotopic (exact) mass is 383 g/mol. The fourth-order valence-electron chi connectivity index (χ4n) is 1.89. The van der Waals surface area contributed by atoms with Gasteiger partial charge in [0.2, 0.25) is 16.8 Å². The van der Waals surface area contributed by atoms with Crippen LogP contribution in [0.4, 0.5) is 5.13 Å². The Morgan fingerprint density at radius 2 is 2.17 bits per heavy atom. The summed E-state index contributed by atoms with van der Waals surface area (Å²) in [6, 6.07) is 1.45. The van der Waals surface area contributed by atoms with Gasteiger partial charge >= 0.3 is 0 Å². The Bertz CT molecular complexity index is 932. The topological polar surface area (TPSA) is 118 Å². The van der Waals surface area contributed by atoms with Crippen LogP contribution in [0, 0.1) is 6.92 Å². The average Bonchev–Trinajstić information content (AvgIpc) is 3.12. The van der Waals surface area contributed by atoms with Gasteiger partial charge in [-0.3, -0.25) is 24.3 Å². The first-order valence-electron chi connectivity index (χ1n) is 6.91. The van der Waals surface area contributed by atoms with Crippen molar-refractivity contribution in [3.8, 4) is 0 Å². The van der Waals surface area contributed by atoms with Gasteiger partial charge in [0.1, 0.15) is 0 Å². The Morgan fingerprint density at radius 3 is 2.96 bits per heavy atom. The highest BCUT2D eigenvalue weighted by atomic mass is 32.2. The summed E-state index contributed by atoms with van der Waals surface area (Å²) < 4.78 is 2.52. The van der Waals surface area contributed by atoms with Crippen LogP contribution in [-0.2, 0) is 4.79 Å². The van der Waals surface area contributed by atoms with Crippen molar-refractivity contribution in [2.24, 2.45) is 0 Å². The molecule has 3 rings (SSSR count). The normalized spacial score (nSPS) is 11.1. The number of rotatable bonds is 6. The molecule has 3 heterocycles. The third kappa shape index (κ3) is 3.76. The lowest BCUT2D eigenvalue weighted by Gasteiger charge is -2.02. The van der Waals surface area contributed by atoms with Gasteiger partial charge in [0.15, 0.2) is 9.50 Å². The van der Waals surface area contributed by atoms with E-state index in [4.69, 9.17) is 0 Å². The molecule has 3 aromatic heterocycles. The molecule has 1 amide bonds. The maximum atomic E-state index is 12.0. The Labute approximate surface area is 148 Å². The second-order valence-corrected chi connectivity index (χ2v) is 7.99. The van der Waals surface area contributed by atoms with E-state index in [1.54, 1.807) is 23.1 Å². The maximum Gasteiger partial charge on any atom is 0.252 e. The lowest BCUT2D eigenvalue weighted by Crippen LogP contribution is -2.14. The summed E-state index contributed by atoms with van der Waals surface area (Å²) in [5.41, 5.74) is 0.464. The molecule has 9 nitrogen and oxygen atoms in total. The van der Waals surface area contributed by atoms with E-state index in [2.05, 4.69) is 30.7 Å². The molecule has 3 aromatic rings. The summed E-state index contributed by atoms with van der Waals surface area (Å²) in [5.74, 6) is 1.20. The molecule has 0 saturated heterocycles. The molecule has 0 radical (unpaired) electrons. The molecule has 0 saturated carbocycles. The predicted molar refractivity (Wildman–Crippen MR) is 94.0 cm³/mol. The molecule has 0 spiro atoms. The summed E-state index contributed by atoms with van der Waals surface area (Å²) in [6.07, 6.45) is 0. The Morgan fingerprint density at radius 1 is 1.33 bits per heavy atom. The number of H-pyrrole nitrogens is 1. The van der Waals surface area contributed by atoms with Crippen molar-refractivity contribution in [3.63, 3.8) is 0 Å². The highest BCUT2D eigenvalue weighted by molar-refractivity contribution is 8.01. The molecule has 12 heteroatoms. The molecule has 0 atom stereocenters. The maximum absolute atomic E-state index is 12.0. The molecule has 2 N–H and O–H groups in total. The van der Waals surface area contributed by atoms with E-state index in [0.29, 0.717) is 21.8 Å². The first-order chi connectivity index (χ1) is 11.6. The summed E-state index contributed by atoms with van der Waals surface area (Å²) >= 11 is 4.15. The number of aromatic amines is 1. The number of hydrogen-bond acceptors (Lipinski definition) is 9. The number of thioether (sulfide) groups is 2. The zero-order valence-corrected chi connectivity index (χ0v) is 15.2. The smallest absolute Gasteiger partial charge is 0.252 e. The zero-order valence-electron chi connectivity index (χ0n) is 12.8. The van der Waals surface area contributed by atoms with Crippen molar-refractivity contribution < 1.29 is 4.79 Å². The summed E-state index contributed by atoms with van der Waals surface area (Å²) in [7, 11) is 0. The fraction of sp³-hybridized carbons (Fsp3) is 0.333. The minimum absolute atomic E-state index is 0.148. The molecule has 0 aliphatic rings. The molecule has 0 bridgehead atoms. The van der Waals surface area contributed by atoms with Gasteiger partial charge in [0.25, 0.3) is 5.56 Å². The number of aromatic nitrogens is 6. The number of carbonyl (C=O) groups excluding carboxylic acids is 1. The van der Waals surface area contributed by atoms with Crippen LogP contribution in [0.5, 0.6) is 0 Å². The number of amides is 1. The van der Waals surface area contributed by atoms with Gasteiger partial charge in [0.05, 0.1) is 5.75 Å². The van der Waals surface area contributed by atoms with E-state index < -0.39 is 0 Å². The van der Waals surface area contributed by atoms with Crippen molar-refractivity contribution >= 4 is 51.7 Å². The molecular formula is C12H13N7O2S3. The van der Waals surface area contributed by atoms with E-state index in [-0.39, 0.29) is 17.2 Å². The Kier molecular flexibility index (Phi) is 5.16. The number of carbonyl (C=O) groups is 1. The van der Waals surface area contributed by atoms with Gasteiger partial charge in [-0.1, -0.05) is 41.8 Å². The number of hydrogen-bond donors (Lipinski definition) is 2. The standard InChI is InChI=1S/C12H13N7O2S3/c1-3-22-12-18-16-10(24-12)14-8(21)5-23-11-17-15-9-13-7(20)4-6(2)19(9)11/h4H,3,5H2,1-2H3,(H,13,15,20)(H,14,16,21). The SMILES string of the molecule is CCSc1nnc(NC(=O)CSc2nnc3[nH]c(=O)cc(C)n23)s1. The van der Waals surface area contributed by atoms with Gasteiger partial charge in [-0.05, 0) is 12.7 Å². The average molecular weight is 383 g/mol. The first kappa shape index (κ1) is 16.9. The lowest BCUT2D eigenvalue weighted by atomic mass is 10.4. The van der Waals surface area contributed by atoms with Crippen LogP contribution >= 0.6 is 34.9 Å². The second kappa shape index (κ2) is 7.32. The van der Waals surface area contributed by atoms with Gasteiger partial charge in [-0.15, -0.1) is 20.4 Å². The fourth-order valence-corrected chi connectivity index (χ4v) is 4.35. The molecule has 0 fully saturated rings. The van der Waals surface area contributed by atoms with Crippen LogP contribution in [0.1, 0.15) is 12.6 Å². The number of anilines is 1. The molecule has 0 aliphatic carbocycles. The van der Waals surface area contributed by atoms with E-state index in [1.165, 1.54) is 29.2 Å². The zero-order chi connectivity index (χ0) is 17.1. The molecular weight excluding hydrogens is 370 g/mol. The molecule has 24 heavy (non-hydrogen) atoms. The van der Waals surface area contributed by atoms with Crippen LogP contribution in [0.3, 0.4) is 0 Å². The number of aryl methyl sites for hydroxylation is 1. The number of fused-ring (bicyclic) bond motifs is 1. The highest BCUT2D eigenvalue weighted by Gasteiger charge is 2.13. The summed E-state index contributed by atoms with van der Waals surface area (Å²) in [4.78, 5) is 26.0. The minimum Gasteiger partial charge on any atom is -0.300 e. The van der Waals surface area contributed by atoms with E-state index in [0.717, 1.165) is 10.1 Å². The predicted octanol–water partition coefficient (Wildman–Crippen LogP) is 1.42. The largest absolute Gasteiger partial charge is 0.300 e. The van der Waals surface area contributed by atoms with Crippen molar-refractivity contribution in [3.05, 3.63) is 22.1 Å².